The maximum absolute atomic E-state index is 13.0. The van der Waals surface area contributed by atoms with Crippen molar-refractivity contribution in [1.82, 2.24) is 5.32 Å². The van der Waals surface area contributed by atoms with Gasteiger partial charge >= 0.3 is 0 Å². The van der Waals surface area contributed by atoms with Crippen molar-refractivity contribution < 1.29 is 39.8 Å². The summed E-state index contributed by atoms with van der Waals surface area (Å²) in [5.74, 6) is -0.146. The van der Waals surface area contributed by atoms with Gasteiger partial charge in [-0.1, -0.05) is 219 Å². The number of hydrogen-bond acceptors (Lipinski definition) is 8. The van der Waals surface area contributed by atoms with Crippen molar-refractivity contribution in [3.8, 4) is 0 Å². The molecule has 7 unspecified atom stereocenters. The number of allylic oxidation sites excluding steroid dienone is 2. The fourth-order valence-corrected chi connectivity index (χ4v) is 8.45. The van der Waals surface area contributed by atoms with Crippen LogP contribution in [-0.2, 0) is 14.3 Å². The van der Waals surface area contributed by atoms with Gasteiger partial charge in [0.25, 0.3) is 0 Å². The van der Waals surface area contributed by atoms with Crippen LogP contribution in [0.2, 0.25) is 0 Å². The molecule has 9 nitrogen and oxygen atoms in total. The molecule has 0 saturated carbocycles. The fourth-order valence-electron chi connectivity index (χ4n) is 8.45. The minimum atomic E-state index is -1.55. The molecule has 0 spiro atoms. The minimum absolute atomic E-state index is 0.136. The number of amides is 1. The van der Waals surface area contributed by atoms with Gasteiger partial charge in [0.05, 0.1) is 25.4 Å². The van der Waals surface area contributed by atoms with Gasteiger partial charge in [0.2, 0.25) is 5.91 Å². The average Bonchev–Trinajstić information content (AvgIpc) is 3.25. The lowest BCUT2D eigenvalue weighted by Gasteiger charge is -2.40. The summed E-state index contributed by atoms with van der Waals surface area (Å²) in [6.07, 6.45) is 42.2. The summed E-state index contributed by atoms with van der Waals surface area (Å²) >= 11 is 0. The Hall–Kier alpha value is -1.07. The van der Waals surface area contributed by atoms with E-state index in [2.05, 4.69) is 31.3 Å². The predicted octanol–water partition coefficient (Wildman–Crippen LogP) is 11.7. The lowest BCUT2D eigenvalue weighted by molar-refractivity contribution is -0.302. The number of hydrogen-bond donors (Lipinski definition) is 6. The number of unbranched alkanes of at least 4 members (excludes halogenated alkanes) is 32. The minimum Gasteiger partial charge on any atom is -0.394 e. The van der Waals surface area contributed by atoms with E-state index < -0.39 is 49.5 Å². The topological polar surface area (TPSA) is 149 Å². The van der Waals surface area contributed by atoms with Crippen LogP contribution in [0.3, 0.4) is 0 Å². The van der Waals surface area contributed by atoms with E-state index in [4.69, 9.17) is 9.47 Å². The molecule has 1 fully saturated rings. The standard InChI is InChI=1S/C51H99NO8/c1-3-5-7-9-11-13-15-17-19-21-22-23-25-26-28-30-32-34-36-38-40-45(54)44(43-59-51-50(58)49(57)48(56)46(42-53)60-51)52-47(55)41-39-37-35-33-31-29-27-24-20-18-16-14-12-10-8-6-4-2/h18,20,44-46,48-51,53-54,56-58H,3-17,19,21-43H2,1-2H3,(H,52,55)/b20-18-. The van der Waals surface area contributed by atoms with Crippen LogP contribution < -0.4 is 5.32 Å². The van der Waals surface area contributed by atoms with Gasteiger partial charge in [-0.05, 0) is 38.5 Å². The van der Waals surface area contributed by atoms with Gasteiger partial charge in [-0.3, -0.25) is 4.79 Å². The summed E-state index contributed by atoms with van der Waals surface area (Å²) in [5, 5.41) is 54.5. The third-order valence-electron chi connectivity index (χ3n) is 12.6. The summed E-state index contributed by atoms with van der Waals surface area (Å²) in [4.78, 5) is 13.0. The van der Waals surface area contributed by atoms with Crippen LogP contribution >= 0.6 is 0 Å². The molecule has 60 heavy (non-hydrogen) atoms. The highest BCUT2D eigenvalue weighted by Crippen LogP contribution is 2.23. The van der Waals surface area contributed by atoms with Gasteiger partial charge < -0.3 is 40.3 Å². The van der Waals surface area contributed by atoms with E-state index in [0.29, 0.717) is 12.8 Å². The Bertz CT molecular complexity index is 950. The van der Waals surface area contributed by atoms with E-state index in [1.807, 2.05) is 0 Å². The van der Waals surface area contributed by atoms with Crippen LogP contribution in [0.4, 0.5) is 0 Å². The van der Waals surface area contributed by atoms with Crippen molar-refractivity contribution in [2.24, 2.45) is 0 Å². The van der Waals surface area contributed by atoms with Crippen molar-refractivity contribution in [3.63, 3.8) is 0 Å². The zero-order chi connectivity index (χ0) is 43.7. The van der Waals surface area contributed by atoms with Crippen molar-refractivity contribution in [3.05, 3.63) is 12.2 Å². The summed E-state index contributed by atoms with van der Waals surface area (Å²) in [6.45, 7) is 3.85. The lowest BCUT2D eigenvalue weighted by Crippen LogP contribution is -2.60. The molecule has 0 aromatic heterocycles. The van der Waals surface area contributed by atoms with Gasteiger partial charge in [0.1, 0.15) is 24.4 Å². The first kappa shape index (κ1) is 56.9. The second kappa shape index (κ2) is 41.9. The molecular weight excluding hydrogens is 755 g/mol. The molecule has 7 atom stereocenters. The molecule has 0 aromatic rings. The summed E-state index contributed by atoms with van der Waals surface area (Å²) < 4.78 is 11.3. The van der Waals surface area contributed by atoms with E-state index in [-0.39, 0.29) is 12.5 Å². The Morgan fingerprint density at radius 3 is 1.35 bits per heavy atom. The molecule has 0 radical (unpaired) electrons. The molecule has 1 amide bonds. The van der Waals surface area contributed by atoms with Gasteiger partial charge in [0.15, 0.2) is 6.29 Å². The molecule has 0 aliphatic carbocycles. The molecule has 1 aliphatic rings. The zero-order valence-corrected chi connectivity index (χ0v) is 39.2. The first-order chi connectivity index (χ1) is 29.3. The average molecular weight is 854 g/mol. The van der Waals surface area contributed by atoms with E-state index >= 15 is 0 Å². The molecule has 9 heteroatoms. The molecule has 356 valence electrons. The predicted molar refractivity (Wildman–Crippen MR) is 249 cm³/mol. The fraction of sp³-hybridized carbons (Fsp3) is 0.941. The first-order valence-corrected chi connectivity index (χ1v) is 25.9. The van der Waals surface area contributed by atoms with Gasteiger partial charge in [-0.25, -0.2) is 0 Å². The van der Waals surface area contributed by atoms with Gasteiger partial charge in [-0.2, -0.15) is 0 Å². The van der Waals surface area contributed by atoms with Crippen LogP contribution in [0.1, 0.15) is 251 Å². The molecule has 6 N–H and O–H groups in total. The number of ether oxygens (including phenoxy) is 2. The second-order valence-electron chi connectivity index (χ2n) is 18.3. The Kier molecular flexibility index (Phi) is 39.8. The summed E-state index contributed by atoms with van der Waals surface area (Å²) in [7, 11) is 0. The molecular formula is C51H99NO8. The Labute approximate surface area is 369 Å². The van der Waals surface area contributed by atoms with Crippen LogP contribution in [-0.4, -0.2) is 87.5 Å². The number of nitrogens with one attached hydrogen (secondary N) is 1. The molecule has 1 heterocycles. The molecule has 1 rings (SSSR count). The van der Waals surface area contributed by atoms with Crippen LogP contribution in [0.15, 0.2) is 12.2 Å². The summed E-state index contributed by atoms with van der Waals surface area (Å²) in [6, 6.07) is -0.718. The smallest absolute Gasteiger partial charge is 0.220 e. The first-order valence-electron chi connectivity index (χ1n) is 25.9. The van der Waals surface area contributed by atoms with Crippen LogP contribution in [0.5, 0.6) is 0 Å². The largest absolute Gasteiger partial charge is 0.394 e. The Morgan fingerprint density at radius 2 is 0.933 bits per heavy atom. The maximum Gasteiger partial charge on any atom is 0.220 e. The van der Waals surface area contributed by atoms with E-state index in [0.717, 1.165) is 38.5 Å². The SMILES string of the molecule is CCCCCCCC/C=C\CCCCCCCCCC(=O)NC(COC1OC(CO)C(O)C(O)C1O)C(O)CCCCCCCCCCCCCCCCCCCCCC. The normalized spacial score (nSPS) is 20.6. The monoisotopic (exact) mass is 854 g/mol. The van der Waals surface area contributed by atoms with Crippen molar-refractivity contribution in [1.29, 1.82) is 0 Å². The number of carbonyl (C=O) groups excluding carboxylic acids is 1. The highest BCUT2D eigenvalue weighted by atomic mass is 16.7. The quantitative estimate of drug-likeness (QED) is 0.0262. The van der Waals surface area contributed by atoms with Crippen molar-refractivity contribution in [2.45, 2.75) is 294 Å². The number of carbonyl (C=O) groups is 1. The third-order valence-corrected chi connectivity index (χ3v) is 12.6. The van der Waals surface area contributed by atoms with E-state index in [9.17, 15) is 30.3 Å². The van der Waals surface area contributed by atoms with Crippen LogP contribution in [0, 0.1) is 0 Å². The highest BCUT2D eigenvalue weighted by molar-refractivity contribution is 5.76. The summed E-state index contributed by atoms with van der Waals surface area (Å²) in [5.41, 5.74) is 0. The molecule has 0 aromatic carbocycles. The molecule has 1 saturated heterocycles. The Morgan fingerprint density at radius 1 is 0.550 bits per heavy atom. The van der Waals surface area contributed by atoms with E-state index in [1.54, 1.807) is 0 Å². The van der Waals surface area contributed by atoms with E-state index in [1.165, 1.54) is 186 Å². The lowest BCUT2D eigenvalue weighted by atomic mass is 9.99. The highest BCUT2D eigenvalue weighted by Gasteiger charge is 2.44. The molecule has 0 bridgehead atoms. The van der Waals surface area contributed by atoms with Crippen molar-refractivity contribution in [2.75, 3.05) is 13.2 Å². The zero-order valence-electron chi connectivity index (χ0n) is 39.2. The Balaban J connectivity index is 2.26. The number of aliphatic hydroxyl groups is 5. The van der Waals surface area contributed by atoms with Gasteiger partial charge in [0, 0.05) is 6.42 Å². The second-order valence-corrected chi connectivity index (χ2v) is 18.3. The number of aliphatic hydroxyl groups excluding tert-OH is 5. The molecule has 1 aliphatic heterocycles. The maximum atomic E-state index is 13.0. The van der Waals surface area contributed by atoms with Gasteiger partial charge in [-0.15, -0.1) is 0 Å². The van der Waals surface area contributed by atoms with Crippen molar-refractivity contribution >= 4 is 5.91 Å². The third kappa shape index (κ3) is 31.7. The van der Waals surface area contributed by atoms with Crippen LogP contribution in [0.25, 0.3) is 0 Å². The number of rotatable bonds is 44.